The second-order valence-corrected chi connectivity index (χ2v) is 9.81. The fraction of sp³-hybridized carbons (Fsp3) is 0.462. The van der Waals surface area contributed by atoms with Crippen LogP contribution in [0.15, 0.2) is 36.8 Å². The molecule has 1 saturated carbocycles. The lowest BCUT2D eigenvalue weighted by Gasteiger charge is -2.32. The minimum Gasteiger partial charge on any atom is -0.391 e. The van der Waals surface area contributed by atoms with E-state index in [1.165, 1.54) is 25.5 Å². The zero-order chi connectivity index (χ0) is 24.6. The van der Waals surface area contributed by atoms with Gasteiger partial charge in [0.15, 0.2) is 5.65 Å². The number of nitrogens with one attached hydrogen (secondary N) is 2. The summed E-state index contributed by atoms with van der Waals surface area (Å²) in [6.45, 7) is 4.17. The molecule has 1 aliphatic heterocycles. The molecule has 10 nitrogen and oxygen atoms in total. The van der Waals surface area contributed by atoms with Crippen molar-refractivity contribution in [3.63, 3.8) is 0 Å². The van der Waals surface area contributed by atoms with E-state index in [1.54, 1.807) is 4.52 Å². The van der Waals surface area contributed by atoms with E-state index in [-0.39, 0.29) is 11.9 Å². The Balaban J connectivity index is 1.37. The van der Waals surface area contributed by atoms with Crippen molar-refractivity contribution in [3.8, 4) is 11.3 Å². The zero-order valence-electron chi connectivity index (χ0n) is 20.5. The molecule has 4 aromatic heterocycles. The topological polar surface area (TPSA) is 113 Å². The Labute approximate surface area is 209 Å². The van der Waals surface area contributed by atoms with Gasteiger partial charge in [-0.1, -0.05) is 6.42 Å². The van der Waals surface area contributed by atoms with Crippen LogP contribution in [0.25, 0.3) is 27.9 Å². The number of rotatable bonds is 7. The van der Waals surface area contributed by atoms with E-state index in [4.69, 9.17) is 4.98 Å². The molecule has 0 unspecified atom stereocenters. The lowest BCUT2D eigenvalue weighted by Crippen LogP contribution is -2.50. The molecule has 2 fully saturated rings. The summed E-state index contributed by atoms with van der Waals surface area (Å²) >= 11 is 0. The smallest absolute Gasteiger partial charge is 0.257 e. The van der Waals surface area contributed by atoms with Gasteiger partial charge in [0, 0.05) is 49.5 Å². The van der Waals surface area contributed by atoms with Crippen LogP contribution in [0, 0.1) is 0 Å². The van der Waals surface area contributed by atoms with Crippen LogP contribution in [0.1, 0.15) is 42.5 Å². The van der Waals surface area contributed by atoms with Crippen molar-refractivity contribution in [2.45, 2.75) is 50.8 Å². The van der Waals surface area contributed by atoms with Gasteiger partial charge in [0.25, 0.3) is 5.91 Å². The Hall–Kier alpha value is -3.50. The van der Waals surface area contributed by atoms with Crippen LogP contribution in [0.3, 0.4) is 0 Å². The van der Waals surface area contributed by atoms with Gasteiger partial charge in [-0.2, -0.15) is 9.61 Å². The van der Waals surface area contributed by atoms with E-state index in [9.17, 15) is 9.90 Å². The van der Waals surface area contributed by atoms with E-state index in [2.05, 4.69) is 42.4 Å². The lowest BCUT2D eigenvalue weighted by molar-refractivity contribution is 0.0448. The number of pyridine rings is 1. The number of carbonyl (C=O) groups excluding carboxylic acids is 1. The number of hydrogen-bond donors (Lipinski definition) is 3. The molecular weight excluding hydrogens is 456 g/mol. The first-order chi connectivity index (χ1) is 17.6. The average molecular weight is 489 g/mol. The van der Waals surface area contributed by atoms with Gasteiger partial charge in [0.2, 0.25) is 0 Å². The van der Waals surface area contributed by atoms with Crippen molar-refractivity contribution in [2.75, 3.05) is 32.0 Å². The summed E-state index contributed by atoms with van der Waals surface area (Å²) in [5.74, 6) is 0.460. The molecule has 2 atom stereocenters. The number of anilines is 1. The second-order valence-electron chi connectivity index (χ2n) is 9.81. The first-order valence-corrected chi connectivity index (χ1v) is 12.8. The third-order valence-corrected chi connectivity index (χ3v) is 7.54. The maximum atomic E-state index is 13.0. The van der Waals surface area contributed by atoms with Crippen LogP contribution in [0.2, 0.25) is 0 Å². The van der Waals surface area contributed by atoms with E-state index >= 15 is 0 Å². The SMILES string of the molecule is CNc1cc(-c2cn(CCN3CCCCC3)c3ncccc23)nc2c(C(=O)N[C@H]3CC[C@H]3O)cnn12. The molecule has 0 spiro atoms. The van der Waals surface area contributed by atoms with Gasteiger partial charge in [0.05, 0.1) is 24.0 Å². The number of carbonyl (C=O) groups is 1. The van der Waals surface area contributed by atoms with Crippen LogP contribution in [-0.4, -0.2) is 78.9 Å². The minimum absolute atomic E-state index is 0.219. The highest BCUT2D eigenvalue weighted by Crippen LogP contribution is 2.31. The molecular formula is C26H32N8O2. The Morgan fingerprint density at radius 3 is 2.78 bits per heavy atom. The number of fused-ring (bicyclic) bond motifs is 2. The quantitative estimate of drug-likeness (QED) is 0.366. The van der Waals surface area contributed by atoms with Gasteiger partial charge < -0.3 is 25.2 Å². The van der Waals surface area contributed by atoms with Gasteiger partial charge in [-0.25, -0.2) is 9.97 Å². The predicted molar refractivity (Wildman–Crippen MR) is 138 cm³/mol. The maximum absolute atomic E-state index is 13.0. The van der Waals surface area contributed by atoms with Crippen LogP contribution >= 0.6 is 0 Å². The number of aliphatic hydroxyl groups is 1. The molecule has 36 heavy (non-hydrogen) atoms. The van der Waals surface area contributed by atoms with Crippen molar-refractivity contribution in [2.24, 2.45) is 0 Å². The third-order valence-electron chi connectivity index (χ3n) is 7.54. The van der Waals surface area contributed by atoms with Crippen LogP contribution < -0.4 is 10.6 Å². The Bertz CT molecular complexity index is 1400. The van der Waals surface area contributed by atoms with Crippen molar-refractivity contribution < 1.29 is 9.90 Å². The number of piperidine rings is 1. The van der Waals surface area contributed by atoms with Crippen molar-refractivity contribution in [3.05, 3.63) is 42.4 Å². The Kier molecular flexibility index (Phi) is 6.06. The molecule has 1 saturated heterocycles. The number of aromatic nitrogens is 5. The van der Waals surface area contributed by atoms with E-state index < -0.39 is 6.10 Å². The largest absolute Gasteiger partial charge is 0.391 e. The molecule has 6 rings (SSSR count). The molecule has 5 heterocycles. The molecule has 0 aromatic carbocycles. The monoisotopic (exact) mass is 488 g/mol. The van der Waals surface area contributed by atoms with Crippen molar-refractivity contribution in [1.29, 1.82) is 0 Å². The van der Waals surface area contributed by atoms with Gasteiger partial charge in [-0.15, -0.1) is 0 Å². The highest BCUT2D eigenvalue weighted by Gasteiger charge is 2.31. The molecule has 10 heteroatoms. The minimum atomic E-state index is -0.490. The first-order valence-electron chi connectivity index (χ1n) is 12.8. The number of nitrogens with zero attached hydrogens (tertiary/aromatic N) is 6. The predicted octanol–water partition coefficient (Wildman–Crippen LogP) is 2.53. The molecule has 0 radical (unpaired) electrons. The lowest BCUT2D eigenvalue weighted by atomic mass is 9.89. The molecule has 1 amide bonds. The summed E-state index contributed by atoms with van der Waals surface area (Å²) in [5.41, 5.74) is 3.51. The summed E-state index contributed by atoms with van der Waals surface area (Å²) < 4.78 is 3.86. The number of aliphatic hydroxyl groups excluding tert-OH is 1. The summed E-state index contributed by atoms with van der Waals surface area (Å²) in [6, 6.07) is 5.75. The average Bonchev–Trinajstić information content (AvgIpc) is 3.51. The van der Waals surface area contributed by atoms with Gasteiger partial charge in [-0.05, 0) is 50.9 Å². The van der Waals surface area contributed by atoms with Crippen LogP contribution in [0.4, 0.5) is 5.82 Å². The maximum Gasteiger partial charge on any atom is 0.257 e. The van der Waals surface area contributed by atoms with E-state index in [1.807, 2.05) is 25.4 Å². The van der Waals surface area contributed by atoms with E-state index in [0.29, 0.717) is 17.6 Å². The van der Waals surface area contributed by atoms with E-state index in [0.717, 1.165) is 60.7 Å². The number of likely N-dealkylation sites (tertiary alicyclic amines) is 1. The molecule has 0 bridgehead atoms. The second kappa shape index (κ2) is 9.51. The Morgan fingerprint density at radius 2 is 2.03 bits per heavy atom. The summed E-state index contributed by atoms with van der Waals surface area (Å²) in [5, 5.41) is 21.4. The Morgan fingerprint density at radius 1 is 1.17 bits per heavy atom. The molecule has 3 N–H and O–H groups in total. The fourth-order valence-corrected chi connectivity index (χ4v) is 5.27. The van der Waals surface area contributed by atoms with Crippen LogP contribution in [0.5, 0.6) is 0 Å². The molecule has 4 aromatic rings. The van der Waals surface area contributed by atoms with Gasteiger partial charge in [0.1, 0.15) is 17.0 Å². The van der Waals surface area contributed by atoms with Crippen molar-refractivity contribution >= 4 is 28.4 Å². The number of hydrogen-bond acceptors (Lipinski definition) is 7. The summed E-state index contributed by atoms with van der Waals surface area (Å²) in [7, 11) is 1.83. The molecule has 2 aliphatic rings. The van der Waals surface area contributed by atoms with Gasteiger partial charge in [-0.3, -0.25) is 4.79 Å². The zero-order valence-corrected chi connectivity index (χ0v) is 20.5. The molecule has 1 aliphatic carbocycles. The third kappa shape index (κ3) is 4.10. The van der Waals surface area contributed by atoms with Gasteiger partial charge >= 0.3 is 0 Å². The first kappa shape index (κ1) is 22.9. The highest BCUT2D eigenvalue weighted by molar-refractivity contribution is 6.01. The van der Waals surface area contributed by atoms with Crippen LogP contribution in [-0.2, 0) is 6.54 Å². The number of amides is 1. The summed E-state index contributed by atoms with van der Waals surface area (Å²) in [4.78, 5) is 25.1. The van der Waals surface area contributed by atoms with Crippen molar-refractivity contribution in [1.82, 2.24) is 34.4 Å². The normalized spacial score (nSPS) is 20.5. The standard InChI is InChI=1S/C26H32N8O2/c1-27-23-14-21(30-25-18(15-29-34(23)25)26(36)31-20-7-8-22(20)35)19-16-33(24-17(19)6-5-9-28-24)13-12-32-10-3-2-4-11-32/h5-6,9,14-16,20,22,27,35H,2-4,7-8,10-13H2,1H3,(H,31,36)/t20-,22+/m0/s1. The highest BCUT2D eigenvalue weighted by atomic mass is 16.3. The fourth-order valence-electron chi connectivity index (χ4n) is 5.27. The summed E-state index contributed by atoms with van der Waals surface area (Å²) in [6.07, 6.45) is 10.4. The molecule has 188 valence electrons.